The predicted molar refractivity (Wildman–Crippen MR) is 144 cm³/mol. The van der Waals surface area contributed by atoms with E-state index in [-0.39, 0.29) is 16.8 Å². The van der Waals surface area contributed by atoms with Gasteiger partial charge in [-0.1, -0.05) is 72.8 Å². The number of amides is 1. The van der Waals surface area contributed by atoms with Crippen molar-refractivity contribution in [1.82, 2.24) is 14.5 Å². The smallest absolute Gasteiger partial charge is 0.254 e. The maximum Gasteiger partial charge on any atom is 0.254 e. The Bertz CT molecular complexity index is 1480. The highest BCUT2D eigenvalue weighted by Crippen LogP contribution is 2.31. The van der Waals surface area contributed by atoms with Gasteiger partial charge in [0.1, 0.15) is 0 Å². The number of imidazole rings is 1. The lowest BCUT2D eigenvalue weighted by Crippen LogP contribution is -2.33. The van der Waals surface area contributed by atoms with Crippen molar-refractivity contribution in [2.75, 3.05) is 6.54 Å². The minimum absolute atomic E-state index is 0.0353. The standard InChI is InChI=1S/C30H31N3O3S/c1-23-10-8-9-15-27(23)22-37(35,36)30-31-18-28(33(30)20-24-11-4-2-5-12-24)21-32(19-25-16-17-25)29(34)26-13-6-3-7-14-26/h2-15,18,25H,16-17,19-22H2,1H3. The number of carbonyl (C=O) groups excluding carboxylic acids is 1. The van der Waals surface area contributed by atoms with Crippen LogP contribution in [-0.4, -0.2) is 35.3 Å². The largest absolute Gasteiger partial charge is 0.332 e. The van der Waals surface area contributed by atoms with E-state index in [9.17, 15) is 13.2 Å². The van der Waals surface area contributed by atoms with Gasteiger partial charge in [-0.15, -0.1) is 0 Å². The molecule has 0 saturated heterocycles. The van der Waals surface area contributed by atoms with E-state index in [1.807, 2.05) is 96.8 Å². The molecular weight excluding hydrogens is 482 g/mol. The van der Waals surface area contributed by atoms with Crippen LogP contribution >= 0.6 is 0 Å². The second-order valence-corrected chi connectivity index (χ2v) is 11.7. The molecule has 1 saturated carbocycles. The summed E-state index contributed by atoms with van der Waals surface area (Å²) in [6.45, 7) is 3.21. The molecule has 0 unspecified atom stereocenters. The molecule has 3 aromatic carbocycles. The molecule has 1 aliphatic rings. The summed E-state index contributed by atoms with van der Waals surface area (Å²) >= 11 is 0. The first-order valence-corrected chi connectivity index (χ1v) is 14.3. The Hall–Kier alpha value is -3.71. The molecule has 1 fully saturated rings. The van der Waals surface area contributed by atoms with Crippen molar-refractivity contribution in [2.45, 2.75) is 43.8 Å². The maximum atomic E-state index is 13.6. The molecule has 0 radical (unpaired) electrons. The van der Waals surface area contributed by atoms with E-state index >= 15 is 0 Å². The summed E-state index contributed by atoms with van der Waals surface area (Å²) in [5.74, 6) is 0.311. The molecule has 6 nitrogen and oxygen atoms in total. The van der Waals surface area contributed by atoms with Gasteiger partial charge in [0.05, 0.1) is 30.7 Å². The molecule has 1 amide bonds. The topological polar surface area (TPSA) is 72.3 Å². The van der Waals surface area contributed by atoms with Gasteiger partial charge >= 0.3 is 0 Å². The SMILES string of the molecule is Cc1ccccc1CS(=O)(=O)c1ncc(CN(CC2CC2)C(=O)c2ccccc2)n1Cc1ccccc1. The zero-order valence-corrected chi connectivity index (χ0v) is 21.8. The Morgan fingerprint density at radius 1 is 0.946 bits per heavy atom. The van der Waals surface area contributed by atoms with Crippen LogP contribution in [0.15, 0.2) is 96.3 Å². The third-order valence-electron chi connectivity index (χ3n) is 6.81. The zero-order valence-electron chi connectivity index (χ0n) is 21.0. The third-order valence-corrected chi connectivity index (χ3v) is 8.38. The molecule has 4 aromatic rings. The highest BCUT2D eigenvalue weighted by molar-refractivity contribution is 7.90. The van der Waals surface area contributed by atoms with E-state index in [4.69, 9.17) is 0 Å². The van der Waals surface area contributed by atoms with Crippen LogP contribution in [0.2, 0.25) is 0 Å². The molecule has 1 aliphatic carbocycles. The number of rotatable bonds is 10. The molecule has 7 heteroatoms. The van der Waals surface area contributed by atoms with Crippen LogP contribution in [0.5, 0.6) is 0 Å². The number of benzene rings is 3. The van der Waals surface area contributed by atoms with Gasteiger partial charge in [0.25, 0.3) is 5.91 Å². The summed E-state index contributed by atoms with van der Waals surface area (Å²) in [6, 6.07) is 26.5. The average molecular weight is 514 g/mol. The molecule has 0 atom stereocenters. The average Bonchev–Trinajstić information content (AvgIpc) is 3.64. The van der Waals surface area contributed by atoms with Crippen molar-refractivity contribution in [3.8, 4) is 0 Å². The zero-order chi connectivity index (χ0) is 25.8. The number of aromatic nitrogens is 2. The molecule has 5 rings (SSSR count). The molecule has 190 valence electrons. The Balaban J connectivity index is 1.51. The van der Waals surface area contributed by atoms with Crippen molar-refractivity contribution in [3.63, 3.8) is 0 Å². The monoisotopic (exact) mass is 513 g/mol. The van der Waals surface area contributed by atoms with Crippen molar-refractivity contribution in [3.05, 3.63) is 119 Å². The van der Waals surface area contributed by atoms with Gasteiger partial charge in [-0.3, -0.25) is 4.79 Å². The molecule has 0 N–H and O–H groups in total. The minimum Gasteiger partial charge on any atom is -0.332 e. The van der Waals surface area contributed by atoms with Gasteiger partial charge in [-0.05, 0) is 54.5 Å². The van der Waals surface area contributed by atoms with Crippen LogP contribution in [0, 0.1) is 12.8 Å². The van der Waals surface area contributed by atoms with E-state index < -0.39 is 9.84 Å². The van der Waals surface area contributed by atoms with Gasteiger partial charge in [-0.25, -0.2) is 13.4 Å². The number of hydrogen-bond donors (Lipinski definition) is 0. The second-order valence-electron chi connectivity index (χ2n) is 9.78. The molecule has 0 aliphatic heterocycles. The number of sulfone groups is 1. The van der Waals surface area contributed by atoms with Gasteiger partial charge in [0.2, 0.25) is 15.0 Å². The van der Waals surface area contributed by atoms with E-state index in [0.29, 0.717) is 36.8 Å². The van der Waals surface area contributed by atoms with Crippen LogP contribution in [0.4, 0.5) is 0 Å². The van der Waals surface area contributed by atoms with Crippen LogP contribution in [0.1, 0.15) is 45.6 Å². The Morgan fingerprint density at radius 2 is 1.59 bits per heavy atom. The van der Waals surface area contributed by atoms with Gasteiger partial charge < -0.3 is 9.47 Å². The Morgan fingerprint density at radius 3 is 2.27 bits per heavy atom. The van der Waals surface area contributed by atoms with Crippen molar-refractivity contribution in [2.24, 2.45) is 5.92 Å². The highest BCUT2D eigenvalue weighted by atomic mass is 32.2. The van der Waals surface area contributed by atoms with Gasteiger partial charge in [0.15, 0.2) is 0 Å². The Kier molecular flexibility index (Phi) is 7.24. The van der Waals surface area contributed by atoms with E-state index in [1.54, 1.807) is 10.8 Å². The van der Waals surface area contributed by atoms with Crippen molar-refractivity contribution >= 4 is 15.7 Å². The molecule has 1 aromatic heterocycles. The minimum atomic E-state index is -3.74. The first kappa shape index (κ1) is 25.0. The fraction of sp³-hybridized carbons (Fsp3) is 0.267. The summed E-state index contributed by atoms with van der Waals surface area (Å²) in [4.78, 5) is 19.7. The van der Waals surface area contributed by atoms with Crippen LogP contribution < -0.4 is 0 Å². The first-order chi connectivity index (χ1) is 17.9. The van der Waals surface area contributed by atoms with E-state index in [1.165, 1.54) is 0 Å². The molecule has 0 bridgehead atoms. The van der Waals surface area contributed by atoms with Crippen LogP contribution in [0.25, 0.3) is 0 Å². The summed E-state index contributed by atoms with van der Waals surface area (Å²) in [5.41, 5.74) is 3.99. The quantitative estimate of drug-likeness (QED) is 0.290. The number of nitrogens with zero attached hydrogens (tertiary/aromatic N) is 3. The Labute approximate surface area is 218 Å². The predicted octanol–water partition coefficient (Wildman–Crippen LogP) is 5.27. The fourth-order valence-electron chi connectivity index (χ4n) is 4.53. The summed E-state index contributed by atoms with van der Waals surface area (Å²) in [5, 5.41) is 0.0353. The molecule has 1 heterocycles. The summed E-state index contributed by atoms with van der Waals surface area (Å²) < 4.78 is 29.1. The fourth-order valence-corrected chi connectivity index (χ4v) is 6.13. The second kappa shape index (κ2) is 10.7. The lowest BCUT2D eigenvalue weighted by atomic mass is 10.1. The van der Waals surface area contributed by atoms with E-state index in [2.05, 4.69) is 4.98 Å². The highest BCUT2D eigenvalue weighted by Gasteiger charge is 2.30. The third kappa shape index (κ3) is 6.00. The lowest BCUT2D eigenvalue weighted by Gasteiger charge is -2.24. The van der Waals surface area contributed by atoms with Crippen molar-refractivity contribution in [1.29, 1.82) is 0 Å². The van der Waals surface area contributed by atoms with Crippen LogP contribution in [0.3, 0.4) is 0 Å². The van der Waals surface area contributed by atoms with Crippen molar-refractivity contribution < 1.29 is 13.2 Å². The molecule has 0 spiro atoms. The number of aryl methyl sites for hydroxylation is 1. The lowest BCUT2D eigenvalue weighted by molar-refractivity contribution is 0.0731. The number of hydrogen-bond acceptors (Lipinski definition) is 4. The summed E-state index contributed by atoms with van der Waals surface area (Å²) in [6.07, 6.45) is 3.83. The molecule has 37 heavy (non-hydrogen) atoms. The molecular formula is C30H31N3O3S. The number of carbonyl (C=O) groups is 1. The summed E-state index contributed by atoms with van der Waals surface area (Å²) in [7, 11) is -3.74. The van der Waals surface area contributed by atoms with Crippen LogP contribution in [-0.2, 0) is 28.7 Å². The maximum absolute atomic E-state index is 13.6. The van der Waals surface area contributed by atoms with Gasteiger partial charge in [0, 0.05) is 12.1 Å². The van der Waals surface area contributed by atoms with E-state index in [0.717, 1.165) is 29.5 Å². The van der Waals surface area contributed by atoms with Gasteiger partial charge in [-0.2, -0.15) is 0 Å². The first-order valence-electron chi connectivity index (χ1n) is 12.6. The normalized spacial score (nSPS) is 13.4.